The summed E-state index contributed by atoms with van der Waals surface area (Å²) >= 11 is 0. The van der Waals surface area contributed by atoms with Crippen molar-refractivity contribution in [3.63, 3.8) is 0 Å². The van der Waals surface area contributed by atoms with Gasteiger partial charge in [-0.3, -0.25) is 4.79 Å². The number of hydrogen-bond acceptors (Lipinski definition) is 3. The molecule has 1 amide bonds. The van der Waals surface area contributed by atoms with Crippen molar-refractivity contribution in [1.29, 1.82) is 0 Å². The van der Waals surface area contributed by atoms with Crippen molar-refractivity contribution in [2.75, 3.05) is 44.7 Å². The van der Waals surface area contributed by atoms with Gasteiger partial charge in [-0.15, -0.1) is 0 Å². The first kappa shape index (κ1) is 19.7. The highest BCUT2D eigenvalue weighted by molar-refractivity contribution is 5.84. The molecule has 2 aromatic rings. The number of carbonyl (C=O) groups is 1. The van der Waals surface area contributed by atoms with Crippen molar-refractivity contribution < 1.29 is 9.18 Å². The Morgan fingerprint density at radius 1 is 1.07 bits per heavy atom. The van der Waals surface area contributed by atoms with E-state index in [0.717, 1.165) is 24.3 Å². The molecular formula is C21H26FN5O. The number of guanidine groups is 1. The molecule has 0 aromatic heterocycles. The molecule has 1 aliphatic heterocycles. The summed E-state index contributed by atoms with van der Waals surface area (Å²) in [5, 5.41) is 0. The average molecular weight is 383 g/mol. The number of piperazine rings is 1. The van der Waals surface area contributed by atoms with Crippen LogP contribution in [0.5, 0.6) is 0 Å². The van der Waals surface area contributed by atoms with Crippen molar-refractivity contribution in [3.05, 3.63) is 66.0 Å². The lowest BCUT2D eigenvalue weighted by atomic mass is 10.2. The second kappa shape index (κ2) is 9.21. The normalized spacial score (nSPS) is 14.9. The second-order valence-electron chi connectivity index (χ2n) is 6.86. The van der Waals surface area contributed by atoms with E-state index in [4.69, 9.17) is 5.73 Å². The Morgan fingerprint density at radius 3 is 2.36 bits per heavy atom. The van der Waals surface area contributed by atoms with E-state index in [9.17, 15) is 9.18 Å². The predicted molar refractivity (Wildman–Crippen MR) is 110 cm³/mol. The van der Waals surface area contributed by atoms with Crippen molar-refractivity contribution in [2.45, 2.75) is 6.54 Å². The number of nitrogens with zero attached hydrogens (tertiary/aromatic N) is 4. The number of anilines is 1. The second-order valence-corrected chi connectivity index (χ2v) is 6.86. The maximum atomic E-state index is 13.1. The molecule has 1 saturated heterocycles. The molecule has 28 heavy (non-hydrogen) atoms. The first-order valence-electron chi connectivity index (χ1n) is 9.36. The first-order chi connectivity index (χ1) is 13.5. The van der Waals surface area contributed by atoms with E-state index < -0.39 is 0 Å². The van der Waals surface area contributed by atoms with Crippen LogP contribution in [0.25, 0.3) is 0 Å². The Bertz CT molecular complexity index is 801. The number of likely N-dealkylation sites (N-methyl/N-ethyl adjacent to an activating group) is 1. The Balaban J connectivity index is 1.47. The van der Waals surface area contributed by atoms with Gasteiger partial charge in [-0.25, -0.2) is 9.38 Å². The predicted octanol–water partition coefficient (Wildman–Crippen LogP) is 1.92. The highest BCUT2D eigenvalue weighted by atomic mass is 19.1. The molecule has 0 bridgehead atoms. The summed E-state index contributed by atoms with van der Waals surface area (Å²) in [6.45, 7) is 3.54. The number of carbonyl (C=O) groups excluding carboxylic acids is 1. The molecular weight excluding hydrogens is 357 g/mol. The van der Waals surface area contributed by atoms with Gasteiger partial charge in [0, 0.05) is 45.5 Å². The molecule has 0 spiro atoms. The SMILES string of the molecule is CN(Cc1ccccc1)C(=O)CN=C(N)N1CCN(c2ccc(F)cc2)CC1. The fourth-order valence-electron chi connectivity index (χ4n) is 3.16. The molecule has 0 aliphatic carbocycles. The molecule has 3 rings (SSSR count). The summed E-state index contributed by atoms with van der Waals surface area (Å²) in [5.41, 5.74) is 8.16. The van der Waals surface area contributed by atoms with E-state index in [-0.39, 0.29) is 18.3 Å². The van der Waals surface area contributed by atoms with E-state index in [2.05, 4.69) is 9.89 Å². The van der Waals surface area contributed by atoms with Crippen LogP contribution in [-0.4, -0.2) is 61.4 Å². The lowest BCUT2D eigenvalue weighted by molar-refractivity contribution is -0.128. The van der Waals surface area contributed by atoms with Gasteiger partial charge in [-0.1, -0.05) is 30.3 Å². The first-order valence-corrected chi connectivity index (χ1v) is 9.36. The zero-order chi connectivity index (χ0) is 19.9. The van der Waals surface area contributed by atoms with Crippen LogP contribution in [-0.2, 0) is 11.3 Å². The third kappa shape index (κ3) is 5.22. The summed E-state index contributed by atoms with van der Waals surface area (Å²) in [6, 6.07) is 16.3. The summed E-state index contributed by atoms with van der Waals surface area (Å²) in [4.78, 5) is 22.4. The number of amides is 1. The minimum Gasteiger partial charge on any atom is -0.370 e. The van der Waals surface area contributed by atoms with Gasteiger partial charge in [0.05, 0.1) is 0 Å². The average Bonchev–Trinajstić information content (AvgIpc) is 2.73. The number of hydrogen-bond donors (Lipinski definition) is 1. The molecule has 1 aliphatic rings. The smallest absolute Gasteiger partial charge is 0.244 e. The summed E-state index contributed by atoms with van der Waals surface area (Å²) in [7, 11) is 1.77. The molecule has 0 atom stereocenters. The van der Waals surface area contributed by atoms with Crippen LogP contribution < -0.4 is 10.6 Å². The summed E-state index contributed by atoms with van der Waals surface area (Å²) in [5.74, 6) is 0.0811. The van der Waals surface area contributed by atoms with Gasteiger partial charge in [0.25, 0.3) is 0 Å². The molecule has 0 radical (unpaired) electrons. The number of halogens is 1. The maximum Gasteiger partial charge on any atom is 0.244 e. The quantitative estimate of drug-likeness (QED) is 0.633. The van der Waals surface area contributed by atoms with Gasteiger partial charge in [0.2, 0.25) is 5.91 Å². The minimum atomic E-state index is -0.235. The molecule has 6 nitrogen and oxygen atoms in total. The van der Waals surface area contributed by atoms with E-state index >= 15 is 0 Å². The van der Waals surface area contributed by atoms with E-state index in [1.165, 1.54) is 12.1 Å². The van der Waals surface area contributed by atoms with Crippen LogP contribution in [0.2, 0.25) is 0 Å². The third-order valence-corrected chi connectivity index (χ3v) is 4.86. The van der Waals surface area contributed by atoms with Gasteiger partial charge in [0.15, 0.2) is 5.96 Å². The molecule has 2 N–H and O–H groups in total. The van der Waals surface area contributed by atoms with Crippen LogP contribution in [0.15, 0.2) is 59.6 Å². The van der Waals surface area contributed by atoms with Gasteiger partial charge >= 0.3 is 0 Å². The topological polar surface area (TPSA) is 65.2 Å². The number of aliphatic imine (C=N–C) groups is 1. The fourth-order valence-corrected chi connectivity index (χ4v) is 3.16. The molecule has 0 unspecified atom stereocenters. The van der Waals surface area contributed by atoms with Gasteiger partial charge in [-0.2, -0.15) is 0 Å². The fraction of sp³-hybridized carbons (Fsp3) is 0.333. The monoisotopic (exact) mass is 383 g/mol. The third-order valence-electron chi connectivity index (χ3n) is 4.86. The van der Waals surface area contributed by atoms with Crippen molar-refractivity contribution >= 4 is 17.6 Å². The van der Waals surface area contributed by atoms with Crippen molar-refractivity contribution in [2.24, 2.45) is 10.7 Å². The Labute approximate surface area is 165 Å². The molecule has 1 fully saturated rings. The number of rotatable bonds is 5. The van der Waals surface area contributed by atoms with E-state index in [1.807, 2.05) is 35.2 Å². The van der Waals surface area contributed by atoms with Crippen molar-refractivity contribution in [1.82, 2.24) is 9.80 Å². The molecule has 1 heterocycles. The number of nitrogens with two attached hydrogens (primary N) is 1. The Morgan fingerprint density at radius 2 is 1.71 bits per heavy atom. The van der Waals surface area contributed by atoms with Gasteiger partial charge in [0.1, 0.15) is 12.4 Å². The molecule has 2 aromatic carbocycles. The highest BCUT2D eigenvalue weighted by Gasteiger charge is 2.19. The van der Waals surface area contributed by atoms with Crippen LogP contribution in [0.3, 0.4) is 0 Å². The van der Waals surface area contributed by atoms with Crippen LogP contribution in [0, 0.1) is 5.82 Å². The summed E-state index contributed by atoms with van der Waals surface area (Å²) < 4.78 is 13.1. The lowest BCUT2D eigenvalue weighted by Gasteiger charge is -2.36. The van der Waals surface area contributed by atoms with Crippen LogP contribution >= 0.6 is 0 Å². The van der Waals surface area contributed by atoms with Crippen LogP contribution in [0.4, 0.5) is 10.1 Å². The van der Waals surface area contributed by atoms with Gasteiger partial charge < -0.3 is 20.4 Å². The lowest BCUT2D eigenvalue weighted by Crippen LogP contribution is -2.51. The molecule has 7 heteroatoms. The highest BCUT2D eigenvalue weighted by Crippen LogP contribution is 2.16. The number of benzene rings is 2. The summed E-state index contributed by atoms with van der Waals surface area (Å²) in [6.07, 6.45) is 0. The van der Waals surface area contributed by atoms with Crippen LogP contribution in [0.1, 0.15) is 5.56 Å². The minimum absolute atomic E-state index is 0.0351. The van der Waals surface area contributed by atoms with E-state index in [1.54, 1.807) is 24.1 Å². The zero-order valence-electron chi connectivity index (χ0n) is 16.1. The van der Waals surface area contributed by atoms with Crippen molar-refractivity contribution in [3.8, 4) is 0 Å². The maximum absolute atomic E-state index is 13.1. The Hall–Kier alpha value is -3.09. The molecule has 148 valence electrons. The zero-order valence-corrected chi connectivity index (χ0v) is 16.1. The Kier molecular flexibility index (Phi) is 6.47. The largest absolute Gasteiger partial charge is 0.370 e. The molecule has 0 saturated carbocycles. The standard InChI is InChI=1S/C21H26FN5O/c1-25(16-17-5-3-2-4-6-17)20(28)15-24-21(23)27-13-11-26(12-14-27)19-9-7-18(22)8-10-19/h2-10H,11-16H2,1H3,(H2,23,24). The van der Waals surface area contributed by atoms with E-state index in [0.29, 0.717) is 25.6 Å². The van der Waals surface area contributed by atoms with Gasteiger partial charge in [-0.05, 0) is 29.8 Å².